The molecule has 0 radical (unpaired) electrons. The van der Waals surface area contributed by atoms with Gasteiger partial charge in [-0.05, 0) is 49.2 Å². The van der Waals surface area contributed by atoms with Crippen LogP contribution in [0, 0.1) is 13.8 Å². The third-order valence-corrected chi connectivity index (χ3v) is 6.81. The van der Waals surface area contributed by atoms with Crippen molar-refractivity contribution in [1.82, 2.24) is 14.9 Å². The van der Waals surface area contributed by atoms with E-state index in [-0.39, 0.29) is 18.6 Å². The number of rotatable bonds is 6. The maximum Gasteiger partial charge on any atom is 0.240 e. The lowest BCUT2D eigenvalue weighted by molar-refractivity contribution is -0.116. The molecule has 34 heavy (non-hydrogen) atoms. The van der Waals surface area contributed by atoms with Crippen LogP contribution in [-0.4, -0.2) is 26.0 Å². The van der Waals surface area contributed by atoms with E-state index in [1.54, 1.807) is 0 Å². The van der Waals surface area contributed by atoms with Gasteiger partial charge >= 0.3 is 0 Å². The number of thioether (sulfide) groups is 1. The van der Waals surface area contributed by atoms with Crippen LogP contribution in [0.25, 0.3) is 0 Å². The van der Waals surface area contributed by atoms with Crippen molar-refractivity contribution in [1.29, 1.82) is 0 Å². The summed E-state index contributed by atoms with van der Waals surface area (Å²) in [6, 6.07) is 25.3. The number of nitrogens with one attached hydrogen (secondary N) is 2. The molecule has 2 atom stereocenters. The van der Waals surface area contributed by atoms with E-state index in [0.717, 1.165) is 28.1 Å². The van der Waals surface area contributed by atoms with Crippen molar-refractivity contribution in [2.24, 2.45) is 0 Å². The fourth-order valence-electron chi connectivity index (χ4n) is 3.82. The number of ether oxygens (including phenoxy) is 1. The molecule has 0 saturated carbocycles. The van der Waals surface area contributed by atoms with Crippen molar-refractivity contribution < 1.29 is 9.53 Å². The number of carbonyl (C=O) groups excluding carboxylic acids is 1. The zero-order valence-corrected chi connectivity index (χ0v) is 19.8. The molecule has 0 bridgehead atoms. The Balaban J connectivity index is 1.42. The highest BCUT2D eigenvalue weighted by Crippen LogP contribution is 2.37. The summed E-state index contributed by atoms with van der Waals surface area (Å²) in [5.41, 5.74) is 7.51. The van der Waals surface area contributed by atoms with E-state index in [9.17, 15) is 4.79 Å². The summed E-state index contributed by atoms with van der Waals surface area (Å²) >= 11 is 1.40. The van der Waals surface area contributed by atoms with Crippen LogP contribution in [-0.2, 0) is 11.4 Å². The molecule has 172 valence electrons. The van der Waals surface area contributed by atoms with Crippen LogP contribution in [0.1, 0.15) is 28.6 Å². The Morgan fingerprint density at radius 2 is 1.79 bits per heavy atom. The first-order valence-corrected chi connectivity index (χ1v) is 11.9. The SMILES string of the molecule is Cc1ccc(C2Nn3c(COc4ccccc4)nnc3SC2C(=O)Nc2cccc(C)c2)cc1. The second kappa shape index (κ2) is 9.61. The van der Waals surface area contributed by atoms with Crippen molar-refractivity contribution >= 4 is 23.4 Å². The quantitative estimate of drug-likeness (QED) is 0.418. The van der Waals surface area contributed by atoms with Crippen molar-refractivity contribution in [3.8, 4) is 5.75 Å². The average molecular weight is 472 g/mol. The second-order valence-corrected chi connectivity index (χ2v) is 9.36. The van der Waals surface area contributed by atoms with E-state index >= 15 is 0 Å². The molecule has 0 saturated heterocycles. The molecule has 8 heteroatoms. The lowest BCUT2D eigenvalue weighted by atomic mass is 10.0. The summed E-state index contributed by atoms with van der Waals surface area (Å²) in [6.45, 7) is 4.31. The van der Waals surface area contributed by atoms with Gasteiger partial charge in [-0.25, -0.2) is 4.68 Å². The van der Waals surface area contributed by atoms with Crippen LogP contribution >= 0.6 is 11.8 Å². The molecular weight excluding hydrogens is 446 g/mol. The summed E-state index contributed by atoms with van der Waals surface area (Å²) in [6.07, 6.45) is 0. The molecule has 4 aromatic rings. The predicted octanol–water partition coefficient (Wildman–Crippen LogP) is 4.87. The van der Waals surface area contributed by atoms with Gasteiger partial charge < -0.3 is 15.5 Å². The predicted molar refractivity (Wildman–Crippen MR) is 134 cm³/mol. The molecule has 5 rings (SSSR count). The molecule has 0 aliphatic carbocycles. The van der Waals surface area contributed by atoms with Gasteiger partial charge in [0, 0.05) is 5.69 Å². The maximum absolute atomic E-state index is 13.4. The number of aryl methyl sites for hydroxylation is 2. The third kappa shape index (κ3) is 4.77. The van der Waals surface area contributed by atoms with Gasteiger partial charge in [0.05, 0.1) is 6.04 Å². The van der Waals surface area contributed by atoms with Crippen LogP contribution in [0.5, 0.6) is 5.75 Å². The molecule has 1 amide bonds. The normalized spacial score (nSPS) is 16.9. The monoisotopic (exact) mass is 471 g/mol. The molecule has 7 nitrogen and oxygen atoms in total. The van der Waals surface area contributed by atoms with E-state index in [4.69, 9.17) is 4.74 Å². The van der Waals surface area contributed by atoms with E-state index in [2.05, 4.69) is 45.2 Å². The highest BCUT2D eigenvalue weighted by molar-refractivity contribution is 8.00. The highest BCUT2D eigenvalue weighted by atomic mass is 32.2. The van der Waals surface area contributed by atoms with Gasteiger partial charge in [-0.3, -0.25) is 4.79 Å². The number of para-hydroxylation sites is 1. The Morgan fingerprint density at radius 3 is 2.56 bits per heavy atom. The number of anilines is 1. The third-order valence-electron chi connectivity index (χ3n) is 5.60. The van der Waals surface area contributed by atoms with Gasteiger partial charge in [0.1, 0.15) is 17.6 Å². The van der Waals surface area contributed by atoms with E-state index in [1.807, 2.05) is 73.1 Å². The van der Waals surface area contributed by atoms with Gasteiger partial charge in [0.2, 0.25) is 11.1 Å². The number of hydrogen-bond acceptors (Lipinski definition) is 6. The summed E-state index contributed by atoms with van der Waals surface area (Å²) in [5, 5.41) is 11.9. The highest BCUT2D eigenvalue weighted by Gasteiger charge is 2.38. The van der Waals surface area contributed by atoms with Crippen LogP contribution in [0.15, 0.2) is 84.0 Å². The topological polar surface area (TPSA) is 81.1 Å². The molecule has 0 fully saturated rings. The fraction of sp³-hybridized carbons (Fsp3) is 0.192. The van der Waals surface area contributed by atoms with Crippen molar-refractivity contribution in [2.75, 3.05) is 10.7 Å². The Kier molecular flexibility index (Phi) is 6.22. The first-order valence-electron chi connectivity index (χ1n) is 11.1. The number of hydrogen-bond donors (Lipinski definition) is 2. The largest absolute Gasteiger partial charge is 0.486 e. The molecule has 3 aromatic carbocycles. The molecule has 2 heterocycles. The average Bonchev–Trinajstić information content (AvgIpc) is 3.25. The van der Waals surface area contributed by atoms with Gasteiger partial charge in [-0.2, -0.15) is 0 Å². The van der Waals surface area contributed by atoms with Crippen LogP contribution < -0.4 is 15.5 Å². The number of nitrogens with zero attached hydrogens (tertiary/aromatic N) is 3. The molecule has 2 unspecified atom stereocenters. The fourth-order valence-corrected chi connectivity index (χ4v) is 4.92. The summed E-state index contributed by atoms with van der Waals surface area (Å²) in [7, 11) is 0. The van der Waals surface area contributed by atoms with Crippen LogP contribution in [0.4, 0.5) is 5.69 Å². The first kappa shape index (κ1) is 22.0. The number of carbonyl (C=O) groups is 1. The molecule has 1 aliphatic heterocycles. The second-order valence-electron chi connectivity index (χ2n) is 8.25. The number of aromatic nitrogens is 3. The lowest BCUT2D eigenvalue weighted by Gasteiger charge is -2.33. The Morgan fingerprint density at radius 1 is 1.00 bits per heavy atom. The van der Waals surface area contributed by atoms with E-state index in [0.29, 0.717) is 11.0 Å². The number of benzene rings is 3. The number of amides is 1. The minimum atomic E-state index is -0.442. The Labute approximate surface area is 202 Å². The van der Waals surface area contributed by atoms with Crippen molar-refractivity contribution in [3.63, 3.8) is 0 Å². The standard InChI is InChI=1S/C26H25N5O2S/c1-17-11-13-19(14-12-17)23-24(25(32)27-20-8-6-7-18(2)15-20)34-26-29-28-22(31(26)30-23)16-33-21-9-4-3-5-10-21/h3-15,23-24,30H,16H2,1-2H3,(H,27,32). The van der Waals surface area contributed by atoms with Gasteiger partial charge in [-0.1, -0.05) is 71.9 Å². The van der Waals surface area contributed by atoms with Crippen molar-refractivity contribution in [2.45, 2.75) is 36.9 Å². The zero-order valence-electron chi connectivity index (χ0n) is 18.9. The Hall–Kier alpha value is -3.78. The van der Waals surface area contributed by atoms with Gasteiger partial charge in [0.25, 0.3) is 0 Å². The molecule has 1 aliphatic rings. The van der Waals surface area contributed by atoms with E-state index in [1.165, 1.54) is 11.8 Å². The smallest absolute Gasteiger partial charge is 0.240 e. The van der Waals surface area contributed by atoms with Gasteiger partial charge in [0.15, 0.2) is 5.82 Å². The molecular formula is C26H25N5O2S. The minimum absolute atomic E-state index is 0.0926. The van der Waals surface area contributed by atoms with Gasteiger partial charge in [-0.15, -0.1) is 10.2 Å². The van der Waals surface area contributed by atoms with Crippen LogP contribution in [0.2, 0.25) is 0 Å². The summed E-state index contributed by atoms with van der Waals surface area (Å²) < 4.78 is 7.71. The molecule has 1 aromatic heterocycles. The minimum Gasteiger partial charge on any atom is -0.486 e. The van der Waals surface area contributed by atoms with E-state index < -0.39 is 5.25 Å². The molecule has 0 spiro atoms. The lowest BCUT2D eigenvalue weighted by Crippen LogP contribution is -2.41. The maximum atomic E-state index is 13.4. The van der Waals surface area contributed by atoms with Crippen molar-refractivity contribution in [3.05, 3.63) is 101 Å². The molecule has 2 N–H and O–H groups in total. The Bertz CT molecular complexity index is 1290. The van der Waals surface area contributed by atoms with Crippen LogP contribution in [0.3, 0.4) is 0 Å². The summed E-state index contributed by atoms with van der Waals surface area (Å²) in [5.74, 6) is 1.31. The summed E-state index contributed by atoms with van der Waals surface area (Å²) in [4.78, 5) is 13.4. The zero-order chi connectivity index (χ0) is 23.5. The first-order chi connectivity index (χ1) is 16.6. The number of fused-ring (bicyclic) bond motifs is 1.